The van der Waals surface area contributed by atoms with E-state index in [4.69, 9.17) is 0 Å². The summed E-state index contributed by atoms with van der Waals surface area (Å²) >= 11 is 0. The van der Waals surface area contributed by atoms with Crippen LogP contribution in [0.5, 0.6) is 0 Å². The topological polar surface area (TPSA) is 34.9 Å². The van der Waals surface area contributed by atoms with Crippen molar-refractivity contribution in [2.45, 2.75) is 0 Å². The molecule has 2 rings (SSSR count). The van der Waals surface area contributed by atoms with Crippen molar-refractivity contribution in [2.75, 3.05) is 0 Å². The Morgan fingerprint density at radius 1 is 1.39 bits per heavy atom. The molecule has 0 N–H and O–H groups in total. The maximum atomic E-state index is 13.3. The molecule has 0 unspecified atom stereocenters. The van der Waals surface area contributed by atoms with Gasteiger partial charge in [0.1, 0.15) is 11.6 Å². The SMILES string of the molecule is Cn1cc(C(=O)/C=C\c2ccc(F)cc2F)cn1. The van der Waals surface area contributed by atoms with E-state index in [0.29, 0.717) is 5.56 Å². The number of ketones is 1. The molecule has 0 fully saturated rings. The van der Waals surface area contributed by atoms with Gasteiger partial charge >= 0.3 is 0 Å². The predicted octanol–water partition coefficient (Wildman–Crippen LogP) is 2.59. The highest BCUT2D eigenvalue weighted by atomic mass is 19.1. The molecular formula is C13H10F2N2O. The largest absolute Gasteiger partial charge is 0.289 e. The summed E-state index contributed by atoms with van der Waals surface area (Å²) < 4.78 is 27.5. The second-order valence-electron chi connectivity index (χ2n) is 3.77. The quantitative estimate of drug-likeness (QED) is 0.618. The van der Waals surface area contributed by atoms with Crippen LogP contribution < -0.4 is 0 Å². The number of rotatable bonds is 3. The number of allylic oxidation sites excluding steroid dienone is 1. The fourth-order valence-electron chi connectivity index (χ4n) is 1.45. The summed E-state index contributed by atoms with van der Waals surface area (Å²) in [6.07, 6.45) is 5.53. The highest BCUT2D eigenvalue weighted by Crippen LogP contribution is 2.11. The van der Waals surface area contributed by atoms with Gasteiger partial charge in [0.15, 0.2) is 5.78 Å². The number of aromatic nitrogens is 2. The number of nitrogens with zero attached hydrogens (tertiary/aromatic N) is 2. The first-order valence-corrected chi connectivity index (χ1v) is 5.22. The number of carbonyl (C=O) groups is 1. The average Bonchev–Trinajstić information content (AvgIpc) is 2.74. The molecule has 0 radical (unpaired) electrons. The van der Waals surface area contributed by atoms with E-state index < -0.39 is 11.6 Å². The lowest BCUT2D eigenvalue weighted by molar-refractivity contribution is 0.104. The van der Waals surface area contributed by atoms with Crippen molar-refractivity contribution in [3.63, 3.8) is 0 Å². The molecule has 0 bridgehead atoms. The molecule has 0 aliphatic carbocycles. The van der Waals surface area contributed by atoms with Gasteiger partial charge in [-0.2, -0.15) is 5.10 Å². The first-order chi connectivity index (χ1) is 8.56. The monoisotopic (exact) mass is 248 g/mol. The number of carbonyl (C=O) groups excluding carboxylic acids is 1. The van der Waals surface area contributed by atoms with E-state index in [1.807, 2.05) is 0 Å². The summed E-state index contributed by atoms with van der Waals surface area (Å²) in [6, 6.07) is 3.18. The van der Waals surface area contributed by atoms with Crippen LogP contribution in [-0.2, 0) is 7.05 Å². The average molecular weight is 248 g/mol. The molecule has 1 aromatic heterocycles. The Hall–Kier alpha value is -2.30. The Balaban J connectivity index is 2.18. The maximum Gasteiger partial charge on any atom is 0.189 e. The van der Waals surface area contributed by atoms with E-state index in [0.717, 1.165) is 12.1 Å². The van der Waals surface area contributed by atoms with Crippen LogP contribution in [0.1, 0.15) is 15.9 Å². The Kier molecular flexibility index (Phi) is 3.32. The van der Waals surface area contributed by atoms with Gasteiger partial charge in [-0.05, 0) is 24.3 Å². The fraction of sp³-hybridized carbons (Fsp3) is 0.0769. The van der Waals surface area contributed by atoms with E-state index in [1.54, 1.807) is 13.2 Å². The van der Waals surface area contributed by atoms with Gasteiger partial charge in [0.05, 0.1) is 11.8 Å². The molecule has 3 nitrogen and oxygen atoms in total. The highest BCUT2D eigenvalue weighted by Gasteiger charge is 2.05. The minimum absolute atomic E-state index is 0.161. The van der Waals surface area contributed by atoms with E-state index in [-0.39, 0.29) is 11.3 Å². The molecular weight excluding hydrogens is 238 g/mol. The fourth-order valence-corrected chi connectivity index (χ4v) is 1.45. The zero-order chi connectivity index (χ0) is 13.1. The molecule has 92 valence electrons. The normalized spacial score (nSPS) is 11.1. The van der Waals surface area contributed by atoms with Crippen molar-refractivity contribution in [2.24, 2.45) is 7.05 Å². The van der Waals surface area contributed by atoms with Gasteiger partial charge in [0.25, 0.3) is 0 Å². The van der Waals surface area contributed by atoms with Gasteiger partial charge in [0, 0.05) is 24.9 Å². The van der Waals surface area contributed by atoms with Crippen molar-refractivity contribution in [3.8, 4) is 0 Å². The molecule has 1 aromatic carbocycles. The molecule has 0 atom stereocenters. The first-order valence-electron chi connectivity index (χ1n) is 5.22. The Labute approximate surface area is 102 Å². The second kappa shape index (κ2) is 4.91. The molecule has 0 spiro atoms. The number of halogens is 2. The van der Waals surface area contributed by atoms with Gasteiger partial charge in [-0.15, -0.1) is 0 Å². The Morgan fingerprint density at radius 3 is 2.78 bits per heavy atom. The smallest absolute Gasteiger partial charge is 0.189 e. The number of hydrogen-bond donors (Lipinski definition) is 0. The summed E-state index contributed by atoms with van der Waals surface area (Å²) in [5.74, 6) is -1.64. The third kappa shape index (κ3) is 2.68. The Morgan fingerprint density at radius 2 is 2.17 bits per heavy atom. The standard InChI is InChI=1S/C13H10F2N2O/c1-17-8-10(7-16-17)13(18)5-3-9-2-4-11(14)6-12(9)15/h2-8H,1H3/b5-3-. The Bertz CT molecular complexity index is 617. The van der Waals surface area contributed by atoms with Crippen LogP contribution in [-0.4, -0.2) is 15.6 Å². The first kappa shape index (κ1) is 12.2. The van der Waals surface area contributed by atoms with Crippen LogP contribution in [0, 0.1) is 11.6 Å². The van der Waals surface area contributed by atoms with Crippen LogP contribution in [0.15, 0.2) is 36.7 Å². The van der Waals surface area contributed by atoms with E-state index >= 15 is 0 Å². The molecule has 0 aliphatic heterocycles. The third-order valence-corrected chi connectivity index (χ3v) is 2.37. The van der Waals surface area contributed by atoms with Gasteiger partial charge < -0.3 is 0 Å². The predicted molar refractivity (Wildman–Crippen MR) is 62.9 cm³/mol. The van der Waals surface area contributed by atoms with E-state index in [2.05, 4.69) is 5.10 Å². The molecule has 1 heterocycles. The molecule has 0 aliphatic rings. The van der Waals surface area contributed by atoms with Crippen molar-refractivity contribution in [1.82, 2.24) is 9.78 Å². The van der Waals surface area contributed by atoms with E-state index in [1.165, 1.54) is 29.1 Å². The summed E-state index contributed by atoms with van der Waals surface area (Å²) in [4.78, 5) is 11.7. The van der Waals surface area contributed by atoms with Crippen LogP contribution in [0.4, 0.5) is 8.78 Å². The summed E-state index contributed by atoms with van der Waals surface area (Å²) in [6.45, 7) is 0. The van der Waals surface area contributed by atoms with E-state index in [9.17, 15) is 13.6 Å². The summed E-state index contributed by atoms with van der Waals surface area (Å²) in [7, 11) is 1.69. The molecule has 0 saturated heterocycles. The zero-order valence-electron chi connectivity index (χ0n) is 9.60. The molecule has 0 saturated carbocycles. The van der Waals surface area contributed by atoms with Gasteiger partial charge in [-0.1, -0.05) is 0 Å². The van der Waals surface area contributed by atoms with Crippen LogP contribution in [0.2, 0.25) is 0 Å². The van der Waals surface area contributed by atoms with Gasteiger partial charge in [0.2, 0.25) is 0 Å². The van der Waals surface area contributed by atoms with Gasteiger partial charge in [-0.25, -0.2) is 8.78 Å². The lowest BCUT2D eigenvalue weighted by Crippen LogP contribution is -1.92. The summed E-state index contributed by atoms with van der Waals surface area (Å²) in [5, 5.41) is 3.86. The summed E-state index contributed by atoms with van der Waals surface area (Å²) in [5.41, 5.74) is 0.574. The third-order valence-electron chi connectivity index (χ3n) is 2.37. The highest BCUT2D eigenvalue weighted by molar-refractivity contribution is 6.06. The molecule has 18 heavy (non-hydrogen) atoms. The molecule has 0 amide bonds. The van der Waals surface area contributed by atoms with Crippen molar-refractivity contribution in [1.29, 1.82) is 0 Å². The van der Waals surface area contributed by atoms with Crippen LogP contribution >= 0.6 is 0 Å². The van der Waals surface area contributed by atoms with Crippen molar-refractivity contribution < 1.29 is 13.6 Å². The second-order valence-corrected chi connectivity index (χ2v) is 3.77. The lowest BCUT2D eigenvalue weighted by atomic mass is 10.1. The number of aryl methyl sites for hydroxylation is 1. The zero-order valence-corrected chi connectivity index (χ0v) is 9.60. The van der Waals surface area contributed by atoms with Crippen molar-refractivity contribution >= 4 is 11.9 Å². The van der Waals surface area contributed by atoms with Crippen LogP contribution in [0.3, 0.4) is 0 Å². The minimum atomic E-state index is -0.703. The number of hydrogen-bond acceptors (Lipinski definition) is 2. The molecule has 5 heteroatoms. The maximum absolute atomic E-state index is 13.3. The van der Waals surface area contributed by atoms with Crippen molar-refractivity contribution in [3.05, 3.63) is 59.4 Å². The minimum Gasteiger partial charge on any atom is -0.289 e. The number of benzene rings is 1. The van der Waals surface area contributed by atoms with Crippen LogP contribution in [0.25, 0.3) is 6.08 Å². The molecule has 2 aromatic rings. The van der Waals surface area contributed by atoms with Gasteiger partial charge in [-0.3, -0.25) is 9.48 Å². The lowest BCUT2D eigenvalue weighted by Gasteiger charge is -1.96.